The maximum Gasteiger partial charge on any atom is 0.250 e. The number of hydrogen-bond acceptors (Lipinski definition) is 3. The molecule has 0 aliphatic carbocycles. The van der Waals surface area contributed by atoms with Gasteiger partial charge in [-0.25, -0.2) is 0 Å². The van der Waals surface area contributed by atoms with Gasteiger partial charge in [-0.1, -0.05) is 13.3 Å². The van der Waals surface area contributed by atoms with Crippen LogP contribution >= 0.6 is 0 Å². The fourth-order valence-electron chi connectivity index (χ4n) is 2.90. The highest BCUT2D eigenvalue weighted by Crippen LogP contribution is 2.32. The summed E-state index contributed by atoms with van der Waals surface area (Å²) < 4.78 is 1.47. The molecule has 2 rings (SSSR count). The summed E-state index contributed by atoms with van der Waals surface area (Å²) in [7, 11) is 1.68. The third-order valence-electron chi connectivity index (χ3n) is 4.03. The van der Waals surface area contributed by atoms with Crippen molar-refractivity contribution in [2.75, 3.05) is 18.4 Å². The summed E-state index contributed by atoms with van der Waals surface area (Å²) in [4.78, 5) is 24.0. The lowest BCUT2D eigenvalue weighted by atomic mass is 9.76. The molecule has 0 spiro atoms. The van der Waals surface area contributed by atoms with Gasteiger partial charge >= 0.3 is 0 Å². The van der Waals surface area contributed by atoms with Crippen LogP contribution in [0.5, 0.6) is 0 Å². The van der Waals surface area contributed by atoms with Crippen LogP contribution < -0.4 is 16.2 Å². The lowest BCUT2D eigenvalue weighted by Gasteiger charge is -2.36. The predicted molar refractivity (Wildman–Crippen MR) is 79.8 cm³/mol. The number of carbonyl (C=O) groups is 1. The van der Waals surface area contributed by atoms with E-state index in [-0.39, 0.29) is 16.9 Å². The Labute approximate surface area is 119 Å². The lowest BCUT2D eigenvalue weighted by molar-refractivity contribution is -0.127. The summed E-state index contributed by atoms with van der Waals surface area (Å²) in [5.74, 6) is 0.0604. The highest BCUT2D eigenvalue weighted by atomic mass is 16.2. The van der Waals surface area contributed by atoms with Crippen molar-refractivity contribution in [1.29, 1.82) is 0 Å². The number of aromatic nitrogens is 1. The second kappa shape index (κ2) is 6.22. The topological polar surface area (TPSA) is 63.1 Å². The van der Waals surface area contributed by atoms with E-state index in [1.807, 2.05) is 0 Å². The first-order valence-corrected chi connectivity index (χ1v) is 7.26. The Morgan fingerprint density at radius 2 is 2.30 bits per heavy atom. The van der Waals surface area contributed by atoms with Gasteiger partial charge in [0.05, 0.1) is 11.1 Å². The Balaban J connectivity index is 2.15. The van der Waals surface area contributed by atoms with Gasteiger partial charge in [-0.05, 0) is 31.9 Å². The highest BCUT2D eigenvalue weighted by Gasteiger charge is 2.38. The molecular weight excluding hydrogens is 254 g/mol. The molecule has 5 heteroatoms. The molecule has 1 amide bonds. The van der Waals surface area contributed by atoms with E-state index in [1.54, 1.807) is 19.3 Å². The van der Waals surface area contributed by atoms with Crippen LogP contribution in [-0.2, 0) is 11.8 Å². The van der Waals surface area contributed by atoms with E-state index in [2.05, 4.69) is 17.6 Å². The van der Waals surface area contributed by atoms with E-state index < -0.39 is 0 Å². The fourth-order valence-corrected chi connectivity index (χ4v) is 2.90. The first-order chi connectivity index (χ1) is 9.57. The summed E-state index contributed by atoms with van der Waals surface area (Å²) in [6.45, 7) is 3.83. The molecule has 5 nitrogen and oxygen atoms in total. The third kappa shape index (κ3) is 3.10. The first kappa shape index (κ1) is 14.8. The second-order valence-electron chi connectivity index (χ2n) is 5.63. The summed E-state index contributed by atoms with van der Waals surface area (Å²) >= 11 is 0. The quantitative estimate of drug-likeness (QED) is 0.876. The minimum absolute atomic E-state index is 0.0604. The molecular formula is C15H23N3O2. The van der Waals surface area contributed by atoms with E-state index in [9.17, 15) is 9.59 Å². The van der Waals surface area contributed by atoms with Crippen molar-refractivity contribution in [2.24, 2.45) is 12.5 Å². The molecule has 1 aliphatic rings. The van der Waals surface area contributed by atoms with Crippen LogP contribution in [0.2, 0.25) is 0 Å². The molecule has 0 saturated carbocycles. The van der Waals surface area contributed by atoms with Crippen molar-refractivity contribution in [3.63, 3.8) is 0 Å². The normalized spacial score (nSPS) is 22.5. The van der Waals surface area contributed by atoms with Crippen LogP contribution in [0.15, 0.2) is 23.1 Å². The van der Waals surface area contributed by atoms with Gasteiger partial charge in [0.15, 0.2) is 0 Å². The van der Waals surface area contributed by atoms with Crippen molar-refractivity contribution >= 4 is 11.6 Å². The summed E-state index contributed by atoms with van der Waals surface area (Å²) in [6, 6.07) is 3.14. The number of pyridine rings is 1. The van der Waals surface area contributed by atoms with Crippen LogP contribution in [-0.4, -0.2) is 23.6 Å². The van der Waals surface area contributed by atoms with Gasteiger partial charge in [0.1, 0.15) is 0 Å². The number of nitrogens with one attached hydrogen (secondary N) is 2. The number of amides is 1. The largest absolute Gasteiger partial charge is 0.324 e. The van der Waals surface area contributed by atoms with E-state index in [4.69, 9.17) is 0 Å². The van der Waals surface area contributed by atoms with Crippen LogP contribution in [0.1, 0.15) is 32.6 Å². The third-order valence-corrected chi connectivity index (χ3v) is 4.03. The molecule has 0 radical (unpaired) electrons. The fraction of sp³-hybridized carbons (Fsp3) is 0.600. The van der Waals surface area contributed by atoms with E-state index in [0.29, 0.717) is 5.69 Å². The Kier molecular flexibility index (Phi) is 4.60. The Bertz CT molecular complexity index is 525. The Morgan fingerprint density at radius 3 is 2.90 bits per heavy atom. The molecule has 20 heavy (non-hydrogen) atoms. The van der Waals surface area contributed by atoms with Crippen LogP contribution in [0.3, 0.4) is 0 Å². The van der Waals surface area contributed by atoms with Crippen LogP contribution in [0.4, 0.5) is 5.69 Å². The molecule has 2 heterocycles. The summed E-state index contributed by atoms with van der Waals surface area (Å²) in [6.07, 6.45) is 5.49. The highest BCUT2D eigenvalue weighted by molar-refractivity contribution is 5.95. The zero-order valence-corrected chi connectivity index (χ0v) is 12.2. The van der Waals surface area contributed by atoms with Gasteiger partial charge in [-0.15, -0.1) is 0 Å². The first-order valence-electron chi connectivity index (χ1n) is 7.26. The van der Waals surface area contributed by atoms with Gasteiger partial charge in [-0.3, -0.25) is 9.59 Å². The molecule has 1 atom stereocenters. The minimum Gasteiger partial charge on any atom is -0.324 e. The molecule has 110 valence electrons. The number of rotatable bonds is 4. The monoisotopic (exact) mass is 277 g/mol. The second-order valence-corrected chi connectivity index (χ2v) is 5.63. The number of nitrogens with zero attached hydrogens (tertiary/aromatic N) is 1. The summed E-state index contributed by atoms with van der Waals surface area (Å²) in [5.41, 5.74) is 0.283. The Morgan fingerprint density at radius 1 is 1.50 bits per heavy atom. The number of anilines is 1. The molecule has 2 N–H and O–H groups in total. The molecule has 0 bridgehead atoms. The molecule has 1 unspecified atom stereocenters. The number of carbonyl (C=O) groups excluding carboxylic acids is 1. The van der Waals surface area contributed by atoms with Gasteiger partial charge in [0.25, 0.3) is 0 Å². The van der Waals surface area contributed by atoms with E-state index in [1.165, 1.54) is 10.6 Å². The van der Waals surface area contributed by atoms with Crippen molar-refractivity contribution in [3.05, 3.63) is 28.7 Å². The standard InChI is InChI=1S/C15H23N3O2/c1-3-7-15(8-4-9-16-11-15)14(20)17-12-5-6-13(19)18(2)10-12/h5-6,10,16H,3-4,7-9,11H2,1-2H3,(H,17,20). The van der Waals surface area contributed by atoms with Crippen molar-refractivity contribution in [2.45, 2.75) is 32.6 Å². The zero-order chi connectivity index (χ0) is 14.6. The van der Waals surface area contributed by atoms with Crippen molar-refractivity contribution in [1.82, 2.24) is 9.88 Å². The Hall–Kier alpha value is -1.62. The average Bonchev–Trinajstić information content (AvgIpc) is 2.44. The van der Waals surface area contributed by atoms with Crippen LogP contribution in [0.25, 0.3) is 0 Å². The van der Waals surface area contributed by atoms with Gasteiger partial charge in [0.2, 0.25) is 11.5 Å². The van der Waals surface area contributed by atoms with E-state index in [0.717, 1.165) is 38.8 Å². The predicted octanol–water partition coefficient (Wildman–Crippen LogP) is 1.49. The van der Waals surface area contributed by atoms with E-state index >= 15 is 0 Å². The number of piperidine rings is 1. The molecule has 1 aliphatic heterocycles. The van der Waals surface area contributed by atoms with Gasteiger partial charge in [-0.2, -0.15) is 0 Å². The average molecular weight is 277 g/mol. The van der Waals surface area contributed by atoms with Crippen LogP contribution in [0, 0.1) is 5.41 Å². The minimum atomic E-state index is -0.318. The van der Waals surface area contributed by atoms with Gasteiger partial charge < -0.3 is 15.2 Å². The SMILES string of the molecule is CCCC1(C(=O)Nc2ccc(=O)n(C)c2)CCCNC1. The molecule has 0 aromatic carbocycles. The maximum atomic E-state index is 12.6. The maximum absolute atomic E-state index is 12.6. The molecule has 1 fully saturated rings. The van der Waals surface area contributed by atoms with Crippen molar-refractivity contribution < 1.29 is 4.79 Å². The number of hydrogen-bond donors (Lipinski definition) is 2. The molecule has 1 aromatic heterocycles. The number of aryl methyl sites for hydroxylation is 1. The van der Waals surface area contributed by atoms with Crippen molar-refractivity contribution in [3.8, 4) is 0 Å². The molecule has 1 saturated heterocycles. The summed E-state index contributed by atoms with van der Waals surface area (Å²) in [5, 5.41) is 6.30. The lowest BCUT2D eigenvalue weighted by Crippen LogP contribution is -2.48. The zero-order valence-electron chi connectivity index (χ0n) is 12.2. The smallest absolute Gasteiger partial charge is 0.250 e. The van der Waals surface area contributed by atoms with Gasteiger partial charge in [0, 0.05) is 25.9 Å². The molecule has 1 aromatic rings.